The Hall–Kier alpha value is -3.61. The van der Waals surface area contributed by atoms with Crippen molar-refractivity contribution in [1.82, 2.24) is 15.2 Å². The number of nitrogens with one attached hydrogen (secondary N) is 1. The Kier molecular flexibility index (Phi) is 5.79. The second-order valence-corrected chi connectivity index (χ2v) is 7.42. The molecule has 7 nitrogen and oxygen atoms in total. The van der Waals surface area contributed by atoms with Crippen molar-refractivity contribution in [1.29, 1.82) is 0 Å². The van der Waals surface area contributed by atoms with Gasteiger partial charge in [-0.1, -0.05) is 0 Å². The van der Waals surface area contributed by atoms with Crippen LogP contribution in [0, 0.1) is 5.92 Å². The van der Waals surface area contributed by atoms with Crippen molar-refractivity contribution in [2.24, 2.45) is 5.92 Å². The van der Waals surface area contributed by atoms with Crippen LogP contribution in [0.2, 0.25) is 0 Å². The molecule has 0 aliphatic carbocycles. The molecule has 1 unspecified atom stereocenters. The summed E-state index contributed by atoms with van der Waals surface area (Å²) >= 11 is 0. The molecule has 1 N–H and O–H groups in total. The SMILES string of the molecule is CC(=O)c1ccc(NC(=O)C2CCCN(c3ccc(-c4ccncc4)nn3)C2)cc1. The summed E-state index contributed by atoms with van der Waals surface area (Å²) in [5.74, 6) is 0.632. The quantitative estimate of drug-likeness (QED) is 0.657. The summed E-state index contributed by atoms with van der Waals surface area (Å²) < 4.78 is 0. The summed E-state index contributed by atoms with van der Waals surface area (Å²) in [6, 6.07) is 14.7. The van der Waals surface area contributed by atoms with E-state index in [9.17, 15) is 9.59 Å². The zero-order valence-electron chi connectivity index (χ0n) is 16.8. The summed E-state index contributed by atoms with van der Waals surface area (Å²) in [6.07, 6.45) is 5.20. The van der Waals surface area contributed by atoms with Gasteiger partial charge >= 0.3 is 0 Å². The van der Waals surface area contributed by atoms with Gasteiger partial charge in [0.15, 0.2) is 11.6 Å². The van der Waals surface area contributed by atoms with Gasteiger partial charge in [-0.05, 0) is 68.3 Å². The smallest absolute Gasteiger partial charge is 0.229 e. The minimum absolute atomic E-state index is 0.00635. The number of amides is 1. The van der Waals surface area contributed by atoms with Crippen LogP contribution < -0.4 is 10.2 Å². The lowest BCUT2D eigenvalue weighted by molar-refractivity contribution is -0.120. The number of carbonyl (C=O) groups excluding carboxylic acids is 2. The second kappa shape index (κ2) is 8.82. The van der Waals surface area contributed by atoms with Gasteiger partial charge in [-0.3, -0.25) is 14.6 Å². The van der Waals surface area contributed by atoms with E-state index in [1.54, 1.807) is 36.7 Å². The van der Waals surface area contributed by atoms with Gasteiger partial charge in [0.25, 0.3) is 0 Å². The van der Waals surface area contributed by atoms with Crippen LogP contribution in [-0.2, 0) is 4.79 Å². The fourth-order valence-electron chi connectivity index (χ4n) is 3.60. The first-order valence-corrected chi connectivity index (χ1v) is 10.0. The van der Waals surface area contributed by atoms with Gasteiger partial charge in [0.05, 0.1) is 11.6 Å². The summed E-state index contributed by atoms with van der Waals surface area (Å²) in [7, 11) is 0. The monoisotopic (exact) mass is 401 g/mol. The highest BCUT2D eigenvalue weighted by atomic mass is 16.2. The highest BCUT2D eigenvalue weighted by molar-refractivity contribution is 5.96. The average molecular weight is 401 g/mol. The number of piperidine rings is 1. The Labute approximate surface area is 175 Å². The molecule has 4 rings (SSSR count). The lowest BCUT2D eigenvalue weighted by Crippen LogP contribution is -2.41. The zero-order valence-corrected chi connectivity index (χ0v) is 16.8. The molecule has 30 heavy (non-hydrogen) atoms. The fraction of sp³-hybridized carbons (Fsp3) is 0.261. The predicted molar refractivity (Wildman–Crippen MR) is 115 cm³/mol. The van der Waals surface area contributed by atoms with E-state index in [-0.39, 0.29) is 17.6 Å². The average Bonchev–Trinajstić information content (AvgIpc) is 2.80. The standard InChI is InChI=1S/C23H23N5O2/c1-16(29)17-4-6-20(7-5-17)25-23(30)19-3-2-14-28(15-19)22-9-8-21(26-27-22)18-10-12-24-13-11-18/h4-13,19H,2-3,14-15H2,1H3,(H,25,30). The summed E-state index contributed by atoms with van der Waals surface area (Å²) in [4.78, 5) is 30.3. The number of Topliss-reactive ketones (excluding diaryl/α,β-unsaturated/α-hetero) is 1. The third-order valence-electron chi connectivity index (χ3n) is 5.30. The van der Waals surface area contributed by atoms with Gasteiger partial charge in [-0.2, -0.15) is 0 Å². The van der Waals surface area contributed by atoms with Gasteiger partial charge in [0.2, 0.25) is 5.91 Å². The molecule has 1 aromatic carbocycles. The largest absolute Gasteiger partial charge is 0.354 e. The molecular weight excluding hydrogens is 378 g/mol. The van der Waals surface area contributed by atoms with Crippen molar-refractivity contribution >= 4 is 23.2 Å². The van der Waals surface area contributed by atoms with Crippen molar-refractivity contribution in [2.75, 3.05) is 23.3 Å². The number of carbonyl (C=O) groups is 2. The van der Waals surface area contributed by atoms with Crippen LogP contribution in [0.5, 0.6) is 0 Å². The molecule has 3 aromatic rings. The minimum atomic E-state index is -0.132. The van der Waals surface area contributed by atoms with Crippen LogP contribution in [0.15, 0.2) is 60.9 Å². The van der Waals surface area contributed by atoms with Gasteiger partial charge < -0.3 is 10.2 Å². The molecule has 0 radical (unpaired) electrons. The van der Waals surface area contributed by atoms with Crippen LogP contribution in [0.1, 0.15) is 30.1 Å². The summed E-state index contributed by atoms with van der Waals surface area (Å²) in [5, 5.41) is 11.7. The van der Waals surface area contributed by atoms with E-state index in [4.69, 9.17) is 0 Å². The van der Waals surface area contributed by atoms with Crippen LogP contribution in [-0.4, -0.2) is 40.0 Å². The van der Waals surface area contributed by atoms with E-state index in [0.717, 1.165) is 36.5 Å². The molecule has 3 heterocycles. The number of hydrogen-bond donors (Lipinski definition) is 1. The Balaban J connectivity index is 1.40. The Bertz CT molecular complexity index is 1020. The lowest BCUT2D eigenvalue weighted by atomic mass is 9.97. The highest BCUT2D eigenvalue weighted by Crippen LogP contribution is 2.24. The molecule has 0 saturated carbocycles. The Morgan fingerprint density at radius 3 is 2.43 bits per heavy atom. The number of ketones is 1. The third kappa shape index (κ3) is 4.51. The molecule has 1 fully saturated rings. The highest BCUT2D eigenvalue weighted by Gasteiger charge is 2.27. The normalized spacial score (nSPS) is 16.2. The second-order valence-electron chi connectivity index (χ2n) is 7.42. The third-order valence-corrected chi connectivity index (χ3v) is 5.30. The lowest BCUT2D eigenvalue weighted by Gasteiger charge is -2.32. The number of aromatic nitrogens is 3. The van der Waals surface area contributed by atoms with Crippen molar-refractivity contribution in [3.05, 3.63) is 66.5 Å². The number of anilines is 2. The molecule has 0 bridgehead atoms. The van der Waals surface area contributed by atoms with Gasteiger partial charge in [-0.15, -0.1) is 10.2 Å². The van der Waals surface area contributed by atoms with E-state index in [1.807, 2.05) is 24.3 Å². The Morgan fingerprint density at radius 1 is 1.00 bits per heavy atom. The van der Waals surface area contributed by atoms with Gasteiger partial charge in [0.1, 0.15) is 0 Å². The first-order valence-electron chi connectivity index (χ1n) is 10.0. The van der Waals surface area contributed by atoms with Gasteiger partial charge in [0, 0.05) is 42.3 Å². The zero-order chi connectivity index (χ0) is 20.9. The van der Waals surface area contributed by atoms with E-state index >= 15 is 0 Å². The molecule has 1 saturated heterocycles. The van der Waals surface area contributed by atoms with Crippen LogP contribution >= 0.6 is 0 Å². The first-order chi connectivity index (χ1) is 14.6. The van der Waals surface area contributed by atoms with E-state index < -0.39 is 0 Å². The van der Waals surface area contributed by atoms with Crippen molar-refractivity contribution in [3.8, 4) is 11.3 Å². The molecule has 1 aliphatic heterocycles. The van der Waals surface area contributed by atoms with Crippen LogP contribution in [0.25, 0.3) is 11.3 Å². The van der Waals surface area contributed by atoms with E-state index in [0.29, 0.717) is 17.8 Å². The number of pyridine rings is 1. The Morgan fingerprint density at radius 2 is 1.77 bits per heavy atom. The molecule has 152 valence electrons. The molecule has 1 aliphatic rings. The number of benzene rings is 1. The fourth-order valence-corrected chi connectivity index (χ4v) is 3.60. The topological polar surface area (TPSA) is 88.1 Å². The molecule has 1 atom stereocenters. The molecule has 7 heteroatoms. The summed E-state index contributed by atoms with van der Waals surface area (Å²) in [6.45, 7) is 2.97. The minimum Gasteiger partial charge on any atom is -0.354 e. The van der Waals surface area contributed by atoms with Crippen molar-refractivity contribution < 1.29 is 9.59 Å². The summed E-state index contributed by atoms with van der Waals surface area (Å²) in [5.41, 5.74) is 3.09. The maximum atomic E-state index is 12.8. The number of hydrogen-bond acceptors (Lipinski definition) is 6. The van der Waals surface area contributed by atoms with E-state index in [2.05, 4.69) is 25.4 Å². The van der Waals surface area contributed by atoms with Crippen molar-refractivity contribution in [3.63, 3.8) is 0 Å². The molecule has 2 aromatic heterocycles. The van der Waals surface area contributed by atoms with Gasteiger partial charge in [-0.25, -0.2) is 0 Å². The van der Waals surface area contributed by atoms with Crippen LogP contribution in [0.3, 0.4) is 0 Å². The first kappa shape index (κ1) is 19.7. The van der Waals surface area contributed by atoms with E-state index in [1.165, 1.54) is 6.92 Å². The maximum absolute atomic E-state index is 12.8. The maximum Gasteiger partial charge on any atom is 0.229 e. The molecule has 0 spiro atoms. The molecular formula is C23H23N5O2. The van der Waals surface area contributed by atoms with Crippen molar-refractivity contribution in [2.45, 2.75) is 19.8 Å². The number of rotatable bonds is 5. The van der Waals surface area contributed by atoms with Crippen LogP contribution in [0.4, 0.5) is 11.5 Å². The molecule has 1 amide bonds. The predicted octanol–water partition coefficient (Wildman–Crippen LogP) is 3.60. The number of nitrogens with zero attached hydrogens (tertiary/aromatic N) is 4.